The molecular weight excluding hydrogens is 757 g/mol. The molecule has 0 saturated heterocycles. The number of anilines is 2. The number of benzene rings is 2. The molecule has 0 amide bonds. The van der Waals surface area contributed by atoms with Crippen LogP contribution in [0.15, 0.2) is 106 Å². The molecule has 0 aliphatic carbocycles. The van der Waals surface area contributed by atoms with E-state index in [4.69, 9.17) is 32.7 Å². The lowest BCUT2D eigenvalue weighted by atomic mass is 9.99. The van der Waals surface area contributed by atoms with Crippen molar-refractivity contribution in [2.24, 2.45) is 4.99 Å². The second kappa shape index (κ2) is 16.9. The lowest BCUT2D eigenvalue weighted by Gasteiger charge is -2.28. The molecule has 1 aliphatic heterocycles. The van der Waals surface area contributed by atoms with Gasteiger partial charge in [-0.25, -0.2) is 9.97 Å². The van der Waals surface area contributed by atoms with Gasteiger partial charge < -0.3 is 34.0 Å². The van der Waals surface area contributed by atoms with Gasteiger partial charge in [0, 0.05) is 48.3 Å². The highest BCUT2D eigenvalue weighted by Crippen LogP contribution is 2.45. The fourth-order valence-electron chi connectivity index (χ4n) is 6.71. The summed E-state index contributed by atoms with van der Waals surface area (Å²) in [7, 11) is 6.83. The van der Waals surface area contributed by atoms with Crippen LogP contribution in [0.5, 0.6) is 11.5 Å². The summed E-state index contributed by atoms with van der Waals surface area (Å²) in [4.78, 5) is 51.7. The lowest BCUT2D eigenvalue weighted by Crippen LogP contribution is -2.41. The summed E-state index contributed by atoms with van der Waals surface area (Å²) in [5.41, 5.74) is 2.88. The first-order valence-electron chi connectivity index (χ1n) is 17.6. The predicted octanol–water partition coefficient (Wildman–Crippen LogP) is 7.84. The number of ketones is 1. The molecule has 0 saturated carbocycles. The van der Waals surface area contributed by atoms with E-state index in [1.807, 2.05) is 63.5 Å². The number of likely N-dealkylation sites (N-methyl/N-ethyl adjacent to an activating group) is 1. The molecule has 1 aliphatic rings. The maximum atomic E-state index is 14.8. The number of quaternary nitrogens is 1. The number of aliphatic imine (C=N–C) groups is 1. The van der Waals surface area contributed by atoms with E-state index in [1.54, 1.807) is 53.5 Å². The Labute approximate surface area is 333 Å². The smallest absolute Gasteiger partial charge is 0.368 e. The molecular formula is C41H40Cl2N7O6+. The number of hydrogen-bond donors (Lipinski definition) is 1. The molecule has 1 unspecified atom stereocenters. The number of pyridine rings is 3. The second-order valence-electron chi connectivity index (χ2n) is 13.9. The van der Waals surface area contributed by atoms with Crippen LogP contribution in [0.3, 0.4) is 0 Å². The van der Waals surface area contributed by atoms with Gasteiger partial charge in [-0.1, -0.05) is 58.5 Å². The number of carbonyl (C=O) groups is 1. The van der Waals surface area contributed by atoms with Crippen LogP contribution in [-0.4, -0.2) is 77.3 Å². The SMILES string of the molecule is COc1cc(OC)c(Cl)c(-c2cc3cnc(Nc4ccccn4)cc3n(C(C)c3cccc(CC(=O)/C=C/C[N+](C)(C)CC4=C([N+](=O)[O-])N=CC4)c3)c2=O)c1Cl. The van der Waals surface area contributed by atoms with Gasteiger partial charge in [-0.05, 0) is 53.3 Å². The molecule has 3 aromatic heterocycles. The molecule has 4 heterocycles. The average molecular weight is 798 g/mol. The van der Waals surface area contributed by atoms with E-state index in [0.717, 1.165) is 11.1 Å². The van der Waals surface area contributed by atoms with Crippen molar-refractivity contribution in [2.45, 2.75) is 25.8 Å². The molecule has 5 aromatic rings. The number of hydrogen-bond acceptors (Lipinski definition) is 10. The zero-order valence-electron chi connectivity index (χ0n) is 31.5. The molecule has 0 fully saturated rings. The van der Waals surface area contributed by atoms with Crippen LogP contribution in [0.2, 0.25) is 10.0 Å². The zero-order valence-corrected chi connectivity index (χ0v) is 33.0. The molecule has 13 nitrogen and oxygen atoms in total. The maximum absolute atomic E-state index is 14.8. The Kier molecular flexibility index (Phi) is 12.0. The van der Waals surface area contributed by atoms with Crippen LogP contribution in [0, 0.1) is 10.1 Å². The first kappa shape index (κ1) is 39.8. The van der Waals surface area contributed by atoms with Crippen molar-refractivity contribution < 1.29 is 23.7 Å². The monoisotopic (exact) mass is 796 g/mol. The number of fused-ring (bicyclic) bond motifs is 1. The van der Waals surface area contributed by atoms with Crippen molar-refractivity contribution in [1.29, 1.82) is 0 Å². The Morgan fingerprint density at radius 3 is 2.46 bits per heavy atom. The third kappa shape index (κ3) is 8.65. The van der Waals surface area contributed by atoms with Crippen molar-refractivity contribution in [2.75, 3.05) is 46.7 Å². The normalized spacial score (nSPS) is 13.4. The van der Waals surface area contributed by atoms with Crippen LogP contribution >= 0.6 is 23.2 Å². The molecule has 288 valence electrons. The van der Waals surface area contributed by atoms with Crippen molar-refractivity contribution in [3.8, 4) is 22.6 Å². The van der Waals surface area contributed by atoms with E-state index in [9.17, 15) is 19.7 Å². The average Bonchev–Trinajstić information content (AvgIpc) is 3.63. The van der Waals surface area contributed by atoms with Crippen LogP contribution in [0.1, 0.15) is 30.5 Å². The quantitative estimate of drug-likeness (QED) is 0.0484. The van der Waals surface area contributed by atoms with Crippen molar-refractivity contribution in [3.05, 3.63) is 138 Å². The van der Waals surface area contributed by atoms with Crippen LogP contribution in [0.25, 0.3) is 22.0 Å². The van der Waals surface area contributed by atoms with E-state index in [-0.39, 0.29) is 56.3 Å². The van der Waals surface area contributed by atoms with Gasteiger partial charge in [0.15, 0.2) is 5.78 Å². The van der Waals surface area contributed by atoms with Gasteiger partial charge in [0.1, 0.15) is 35.9 Å². The highest BCUT2D eigenvalue weighted by molar-refractivity contribution is 6.41. The highest BCUT2D eigenvalue weighted by atomic mass is 35.5. The zero-order chi connectivity index (χ0) is 40.1. The van der Waals surface area contributed by atoms with Crippen LogP contribution in [-0.2, 0) is 11.2 Å². The van der Waals surface area contributed by atoms with E-state index in [1.165, 1.54) is 14.2 Å². The first-order chi connectivity index (χ1) is 26.8. The van der Waals surface area contributed by atoms with Crippen molar-refractivity contribution in [1.82, 2.24) is 14.5 Å². The molecule has 0 spiro atoms. The largest absolute Gasteiger partial charge is 0.495 e. The molecule has 56 heavy (non-hydrogen) atoms. The van der Waals surface area contributed by atoms with Gasteiger partial charge in [-0.2, -0.15) is 0 Å². The summed E-state index contributed by atoms with van der Waals surface area (Å²) in [5.74, 6) is 1.42. The summed E-state index contributed by atoms with van der Waals surface area (Å²) >= 11 is 13.7. The highest BCUT2D eigenvalue weighted by Gasteiger charge is 2.29. The number of halogens is 2. The number of carbonyl (C=O) groups excluding carboxylic acids is 1. The molecule has 0 bridgehead atoms. The Balaban J connectivity index is 1.34. The standard InChI is InChI=1S/C41H39Cl2N7O6/c1-25(27-11-8-10-26(18-27)19-30(51)12-9-17-50(2,3)24-28-14-16-45-40(28)49(53)54)48-32-21-36(47-35-13-6-7-15-44-35)46-23-29(32)20-31(41(48)52)37-38(42)33(55-4)22-34(56-5)39(37)43/h6-13,15-16,18,20-23,25H,14,17,19,24H2,1-5H3/p+1/b12-9+. The summed E-state index contributed by atoms with van der Waals surface area (Å²) in [6, 6.07) is 17.5. The number of ether oxygens (including phenoxy) is 2. The number of nitrogens with one attached hydrogen (secondary N) is 1. The van der Waals surface area contributed by atoms with Crippen LogP contribution < -0.4 is 20.3 Å². The molecule has 6 rings (SSSR count). The Hall–Kier alpha value is -5.89. The van der Waals surface area contributed by atoms with E-state index >= 15 is 0 Å². The molecule has 0 radical (unpaired) electrons. The third-order valence-corrected chi connectivity index (χ3v) is 10.2. The molecule has 1 atom stereocenters. The van der Waals surface area contributed by atoms with E-state index in [2.05, 4.69) is 20.3 Å². The van der Waals surface area contributed by atoms with Crippen molar-refractivity contribution in [3.63, 3.8) is 0 Å². The Morgan fingerprint density at radius 1 is 1.04 bits per heavy atom. The number of aromatic nitrogens is 3. The summed E-state index contributed by atoms with van der Waals surface area (Å²) in [6.45, 7) is 2.83. The fourth-order valence-corrected chi connectivity index (χ4v) is 7.42. The minimum atomic E-state index is -0.540. The van der Waals surface area contributed by atoms with E-state index in [0.29, 0.717) is 52.1 Å². The third-order valence-electron chi connectivity index (χ3n) is 9.45. The second-order valence-corrected chi connectivity index (χ2v) is 14.7. The summed E-state index contributed by atoms with van der Waals surface area (Å²) in [6.07, 6.45) is 8.79. The maximum Gasteiger partial charge on any atom is 0.368 e. The molecule has 15 heteroatoms. The minimum absolute atomic E-state index is 0.0984. The van der Waals surface area contributed by atoms with Gasteiger partial charge in [-0.15, -0.1) is 0 Å². The van der Waals surface area contributed by atoms with Crippen LogP contribution in [0.4, 0.5) is 11.6 Å². The Bertz CT molecular complexity index is 2450. The molecule has 1 N–H and O–H groups in total. The first-order valence-corrected chi connectivity index (χ1v) is 18.4. The summed E-state index contributed by atoms with van der Waals surface area (Å²) < 4.78 is 13.1. The van der Waals surface area contributed by atoms with Gasteiger partial charge in [0.2, 0.25) is 0 Å². The molecule has 2 aromatic carbocycles. The van der Waals surface area contributed by atoms with E-state index < -0.39 is 11.0 Å². The Morgan fingerprint density at radius 2 is 1.79 bits per heavy atom. The number of methoxy groups -OCH3 is 2. The van der Waals surface area contributed by atoms with Gasteiger partial charge in [0.05, 0.1) is 67.6 Å². The number of nitro groups is 1. The van der Waals surface area contributed by atoms with Gasteiger partial charge in [-0.3, -0.25) is 9.59 Å². The predicted molar refractivity (Wildman–Crippen MR) is 219 cm³/mol. The van der Waals surface area contributed by atoms with Gasteiger partial charge in [0.25, 0.3) is 5.56 Å². The lowest BCUT2D eigenvalue weighted by molar-refractivity contribution is -0.880. The summed E-state index contributed by atoms with van der Waals surface area (Å²) in [5, 5.41) is 15.5. The fraction of sp³-hybridized carbons (Fsp3) is 0.244. The number of nitrogens with zero attached hydrogens (tertiary/aromatic N) is 6. The number of allylic oxidation sites excluding steroid dienone is 1. The topological polar surface area (TPSA) is 151 Å². The van der Waals surface area contributed by atoms with Gasteiger partial charge >= 0.3 is 5.82 Å². The number of rotatable bonds is 15. The van der Waals surface area contributed by atoms with Crippen molar-refractivity contribution >= 4 is 57.7 Å². The minimum Gasteiger partial charge on any atom is -0.495 e.